The van der Waals surface area contributed by atoms with Gasteiger partial charge >= 0.3 is 0 Å². The second-order valence-electron chi connectivity index (χ2n) is 11.0. The predicted molar refractivity (Wildman–Crippen MR) is 141 cm³/mol. The molecule has 1 amide bonds. The zero-order chi connectivity index (χ0) is 24.5. The molecule has 1 fully saturated rings. The molecule has 33 heavy (non-hydrogen) atoms. The molecule has 0 bridgehead atoms. The van der Waals surface area contributed by atoms with Crippen LogP contribution in [0.3, 0.4) is 0 Å². The topological polar surface area (TPSA) is 60.8 Å². The molecular weight excluding hydrogens is 430 g/mol. The maximum absolute atomic E-state index is 12.5. The summed E-state index contributed by atoms with van der Waals surface area (Å²) in [4.78, 5) is 14.5. The Hall–Kier alpha value is -0.780. The van der Waals surface area contributed by atoms with E-state index in [1.807, 2.05) is 11.0 Å². The molecule has 4 nitrogen and oxygen atoms in total. The van der Waals surface area contributed by atoms with Gasteiger partial charge in [0.25, 0.3) is 0 Å². The number of nitrogens with zero attached hydrogens (tertiary/aromatic N) is 1. The quantitative estimate of drug-likeness (QED) is 0.243. The predicted octanol–water partition coefficient (Wildman–Crippen LogP) is 5.83. The summed E-state index contributed by atoms with van der Waals surface area (Å²) < 4.78 is 0. The Kier molecular flexibility index (Phi) is 12.0. The molecular formula is C28H49NO3S. The number of thioether (sulfide) groups is 1. The molecule has 0 aromatic rings. The first-order valence-corrected chi connectivity index (χ1v) is 14.4. The maximum atomic E-state index is 12.5. The van der Waals surface area contributed by atoms with Gasteiger partial charge in [0.2, 0.25) is 5.91 Å². The number of aliphatic hydroxyl groups excluding tert-OH is 2. The summed E-state index contributed by atoms with van der Waals surface area (Å²) in [5.41, 5.74) is 1.48. The highest BCUT2D eigenvalue weighted by Gasteiger charge is 2.43. The molecule has 190 valence electrons. The Balaban J connectivity index is 1.77. The number of fused-ring (bicyclic) bond motifs is 1. The summed E-state index contributed by atoms with van der Waals surface area (Å²) >= 11 is 1.74. The van der Waals surface area contributed by atoms with Gasteiger partial charge in [-0.3, -0.25) is 4.79 Å². The van der Waals surface area contributed by atoms with Gasteiger partial charge in [0.15, 0.2) is 0 Å². The van der Waals surface area contributed by atoms with Crippen molar-refractivity contribution in [2.75, 3.05) is 11.5 Å². The number of carbonyl (C=O) groups is 1. The Morgan fingerprint density at radius 2 is 1.94 bits per heavy atom. The molecule has 5 heteroatoms. The van der Waals surface area contributed by atoms with Crippen LogP contribution in [0, 0.1) is 23.7 Å². The van der Waals surface area contributed by atoms with Crippen LogP contribution in [-0.2, 0) is 4.79 Å². The molecule has 2 aliphatic rings. The fourth-order valence-corrected chi connectivity index (χ4v) is 6.69. The van der Waals surface area contributed by atoms with Crippen molar-refractivity contribution in [2.45, 2.75) is 111 Å². The fourth-order valence-electron chi connectivity index (χ4n) is 5.82. The number of amides is 1. The average molecular weight is 480 g/mol. The third-order valence-electron chi connectivity index (χ3n) is 7.39. The number of allylic oxidation sites excluding steroid dienone is 2. The Labute approximate surface area is 207 Å². The van der Waals surface area contributed by atoms with E-state index in [4.69, 9.17) is 0 Å². The first kappa shape index (κ1) is 28.5. The van der Waals surface area contributed by atoms with E-state index in [1.54, 1.807) is 11.8 Å². The van der Waals surface area contributed by atoms with E-state index in [0.717, 1.165) is 31.4 Å². The van der Waals surface area contributed by atoms with Crippen molar-refractivity contribution in [3.63, 3.8) is 0 Å². The largest absolute Gasteiger partial charge is 0.392 e. The van der Waals surface area contributed by atoms with E-state index in [-0.39, 0.29) is 30.0 Å². The van der Waals surface area contributed by atoms with Crippen LogP contribution >= 0.6 is 11.8 Å². The number of rotatable bonds is 14. The van der Waals surface area contributed by atoms with E-state index in [2.05, 4.69) is 53.7 Å². The fraction of sp³-hybridized carbons (Fsp3) is 0.821. The first-order valence-electron chi connectivity index (χ1n) is 13.3. The van der Waals surface area contributed by atoms with Crippen molar-refractivity contribution in [1.82, 2.24) is 4.90 Å². The Morgan fingerprint density at radius 3 is 2.58 bits per heavy atom. The van der Waals surface area contributed by atoms with E-state index in [0.29, 0.717) is 23.5 Å². The van der Waals surface area contributed by atoms with Gasteiger partial charge in [-0.1, -0.05) is 56.9 Å². The lowest BCUT2D eigenvalue weighted by Crippen LogP contribution is -2.43. The van der Waals surface area contributed by atoms with E-state index in [1.165, 1.54) is 24.8 Å². The number of aliphatic hydroxyl groups is 2. The second kappa shape index (κ2) is 13.9. The van der Waals surface area contributed by atoms with Crippen LogP contribution < -0.4 is 0 Å². The van der Waals surface area contributed by atoms with Gasteiger partial charge in [0.05, 0.1) is 18.0 Å². The van der Waals surface area contributed by atoms with Gasteiger partial charge in [-0.05, 0) is 76.9 Å². The Morgan fingerprint density at radius 1 is 1.24 bits per heavy atom. The molecule has 0 unspecified atom stereocenters. The lowest BCUT2D eigenvalue weighted by atomic mass is 9.88. The standard InChI is InChI=1S/C28H49NO3S/c1-7-8-9-21(6)14-24(30)10-11-25-26-16-22(15-23(26)17-27(25)31)12-13-33-18-28(32)29(19(2)3)20(4)5/h10-11,15,19-21,23-27,30-31H,7-9,12-14,16-18H2,1-6H3/t21-,23-,24+,25+,26-,27+/m0/s1. The molecule has 0 radical (unpaired) electrons. The smallest absolute Gasteiger partial charge is 0.233 e. The summed E-state index contributed by atoms with van der Waals surface area (Å²) in [5.74, 6) is 3.34. The minimum absolute atomic E-state index is 0.143. The number of carbonyl (C=O) groups excluding carboxylic acids is 1. The molecule has 2 N–H and O–H groups in total. The molecule has 0 aromatic heterocycles. The van der Waals surface area contributed by atoms with Crippen LogP contribution in [0.25, 0.3) is 0 Å². The summed E-state index contributed by atoms with van der Waals surface area (Å²) in [6.45, 7) is 12.7. The molecule has 2 aliphatic carbocycles. The van der Waals surface area contributed by atoms with Crippen LogP contribution in [0.15, 0.2) is 23.8 Å². The molecule has 6 atom stereocenters. The monoisotopic (exact) mass is 479 g/mol. The highest BCUT2D eigenvalue weighted by Crippen LogP contribution is 2.48. The lowest BCUT2D eigenvalue weighted by Gasteiger charge is -2.30. The van der Waals surface area contributed by atoms with Gasteiger partial charge in [-0.25, -0.2) is 0 Å². The number of unbranched alkanes of at least 4 members (excludes halogenated alkanes) is 1. The molecule has 0 aromatic carbocycles. The van der Waals surface area contributed by atoms with Gasteiger partial charge < -0.3 is 15.1 Å². The lowest BCUT2D eigenvalue weighted by molar-refractivity contribution is -0.131. The summed E-state index contributed by atoms with van der Waals surface area (Å²) in [7, 11) is 0. The second-order valence-corrected chi connectivity index (χ2v) is 12.1. The van der Waals surface area contributed by atoms with Crippen molar-refractivity contribution in [3.05, 3.63) is 23.8 Å². The van der Waals surface area contributed by atoms with Crippen LogP contribution in [0.2, 0.25) is 0 Å². The van der Waals surface area contributed by atoms with Gasteiger partial charge in [-0.2, -0.15) is 11.8 Å². The maximum Gasteiger partial charge on any atom is 0.233 e. The highest BCUT2D eigenvalue weighted by molar-refractivity contribution is 7.99. The minimum Gasteiger partial charge on any atom is -0.392 e. The summed E-state index contributed by atoms with van der Waals surface area (Å²) in [5, 5.41) is 21.0. The molecule has 2 rings (SSSR count). The third kappa shape index (κ3) is 8.74. The number of hydrogen-bond donors (Lipinski definition) is 2. The average Bonchev–Trinajstić information content (AvgIpc) is 3.23. The summed E-state index contributed by atoms with van der Waals surface area (Å²) in [6.07, 6.45) is 13.0. The van der Waals surface area contributed by atoms with Crippen molar-refractivity contribution < 1.29 is 15.0 Å². The van der Waals surface area contributed by atoms with Gasteiger partial charge in [0.1, 0.15) is 0 Å². The first-order chi connectivity index (χ1) is 15.6. The van der Waals surface area contributed by atoms with Crippen LogP contribution in [-0.4, -0.2) is 56.8 Å². The van der Waals surface area contributed by atoms with E-state index < -0.39 is 6.10 Å². The van der Waals surface area contributed by atoms with Crippen molar-refractivity contribution >= 4 is 17.7 Å². The van der Waals surface area contributed by atoms with E-state index >= 15 is 0 Å². The highest BCUT2D eigenvalue weighted by atomic mass is 32.2. The molecule has 0 saturated heterocycles. The normalized spacial score (nSPS) is 26.8. The molecule has 0 aliphatic heterocycles. The molecule has 1 saturated carbocycles. The number of hydrogen-bond acceptors (Lipinski definition) is 4. The van der Waals surface area contributed by atoms with Crippen LogP contribution in [0.5, 0.6) is 0 Å². The zero-order valence-corrected chi connectivity index (χ0v) is 22.7. The van der Waals surface area contributed by atoms with Crippen molar-refractivity contribution in [1.29, 1.82) is 0 Å². The van der Waals surface area contributed by atoms with E-state index in [9.17, 15) is 15.0 Å². The zero-order valence-electron chi connectivity index (χ0n) is 21.9. The summed E-state index contributed by atoms with van der Waals surface area (Å²) in [6, 6.07) is 0.481. The SMILES string of the molecule is CCCC[C@H](C)C[C@H](O)C=C[C@@H]1[C@H]2CC(CCSCC(=O)N(C(C)C)C(C)C)=C[C@H]2C[C@H]1O. The Bertz CT molecular complexity index is 652. The molecule has 0 spiro atoms. The van der Waals surface area contributed by atoms with Gasteiger partial charge in [-0.15, -0.1) is 0 Å². The molecule has 0 heterocycles. The van der Waals surface area contributed by atoms with Gasteiger partial charge in [0, 0.05) is 18.0 Å². The van der Waals surface area contributed by atoms with Crippen molar-refractivity contribution in [2.24, 2.45) is 23.7 Å². The minimum atomic E-state index is -0.415. The van der Waals surface area contributed by atoms with Crippen molar-refractivity contribution in [3.8, 4) is 0 Å². The van der Waals surface area contributed by atoms with Crippen LogP contribution in [0.1, 0.15) is 86.5 Å². The van der Waals surface area contributed by atoms with Crippen LogP contribution in [0.4, 0.5) is 0 Å². The third-order valence-corrected chi connectivity index (χ3v) is 8.34.